The van der Waals surface area contributed by atoms with E-state index in [9.17, 15) is 0 Å². The second-order valence-electron chi connectivity index (χ2n) is 6.35. The summed E-state index contributed by atoms with van der Waals surface area (Å²) in [5.41, 5.74) is 1.04. The SMILES string of the molecule is CC(C)CCN(Cc1cc(C#CCO)cs1)C1CCCC1. The van der Waals surface area contributed by atoms with Gasteiger partial charge in [-0.25, -0.2) is 0 Å². The van der Waals surface area contributed by atoms with Crippen molar-refractivity contribution in [2.45, 2.75) is 58.5 Å². The number of aliphatic hydroxyl groups is 1. The zero-order chi connectivity index (χ0) is 15.1. The molecule has 0 spiro atoms. The fourth-order valence-corrected chi connectivity index (χ4v) is 3.80. The summed E-state index contributed by atoms with van der Waals surface area (Å²) in [5, 5.41) is 10.9. The summed E-state index contributed by atoms with van der Waals surface area (Å²) in [7, 11) is 0. The first-order chi connectivity index (χ1) is 10.2. The highest BCUT2D eigenvalue weighted by atomic mass is 32.1. The fourth-order valence-electron chi connectivity index (χ4n) is 2.96. The molecule has 1 aromatic rings. The molecule has 21 heavy (non-hydrogen) atoms. The van der Waals surface area contributed by atoms with E-state index in [0.717, 1.165) is 24.1 Å². The van der Waals surface area contributed by atoms with Gasteiger partial charge in [-0.3, -0.25) is 4.90 Å². The Kier molecular flexibility index (Phi) is 6.76. The second kappa shape index (κ2) is 8.58. The van der Waals surface area contributed by atoms with E-state index in [1.54, 1.807) is 11.3 Å². The van der Waals surface area contributed by atoms with Gasteiger partial charge in [-0.2, -0.15) is 0 Å². The minimum absolute atomic E-state index is 0.0617. The van der Waals surface area contributed by atoms with Crippen LogP contribution in [0.25, 0.3) is 0 Å². The number of thiophene rings is 1. The van der Waals surface area contributed by atoms with E-state index in [1.165, 1.54) is 43.5 Å². The number of aliphatic hydroxyl groups excluding tert-OH is 1. The zero-order valence-electron chi connectivity index (χ0n) is 13.3. The Labute approximate surface area is 133 Å². The van der Waals surface area contributed by atoms with Gasteiger partial charge in [-0.1, -0.05) is 38.5 Å². The van der Waals surface area contributed by atoms with Crippen LogP contribution in [0.15, 0.2) is 11.4 Å². The second-order valence-corrected chi connectivity index (χ2v) is 7.35. The standard InChI is InChI=1S/C18H27NOS/c1-15(2)9-10-19(17-7-3-4-8-17)13-18-12-16(14-21-18)6-5-11-20/h12,14-15,17,20H,3-4,7-11,13H2,1-2H3. The first kappa shape index (κ1) is 16.5. The van der Waals surface area contributed by atoms with Crippen LogP contribution in [0.1, 0.15) is 56.4 Å². The van der Waals surface area contributed by atoms with Crippen molar-refractivity contribution >= 4 is 11.3 Å². The molecule has 1 aliphatic rings. The lowest BCUT2D eigenvalue weighted by Crippen LogP contribution is -2.33. The highest BCUT2D eigenvalue weighted by molar-refractivity contribution is 7.10. The maximum Gasteiger partial charge on any atom is 0.104 e. The van der Waals surface area contributed by atoms with E-state index in [0.29, 0.717) is 0 Å². The van der Waals surface area contributed by atoms with E-state index >= 15 is 0 Å². The molecule has 0 atom stereocenters. The number of nitrogens with zero attached hydrogens (tertiary/aromatic N) is 1. The summed E-state index contributed by atoms with van der Waals surface area (Å²) in [6, 6.07) is 2.96. The van der Waals surface area contributed by atoms with Gasteiger partial charge < -0.3 is 5.11 Å². The predicted molar refractivity (Wildman–Crippen MR) is 90.4 cm³/mol. The van der Waals surface area contributed by atoms with Gasteiger partial charge in [-0.15, -0.1) is 11.3 Å². The lowest BCUT2D eigenvalue weighted by atomic mass is 10.1. The van der Waals surface area contributed by atoms with Crippen molar-refractivity contribution < 1.29 is 5.11 Å². The summed E-state index contributed by atoms with van der Waals surface area (Å²) < 4.78 is 0. The molecule has 1 saturated carbocycles. The van der Waals surface area contributed by atoms with Gasteiger partial charge in [0.1, 0.15) is 6.61 Å². The summed E-state index contributed by atoms with van der Waals surface area (Å²) in [4.78, 5) is 4.08. The van der Waals surface area contributed by atoms with Gasteiger partial charge in [-0.05, 0) is 37.8 Å². The third-order valence-corrected chi connectivity index (χ3v) is 5.08. The van der Waals surface area contributed by atoms with Gasteiger partial charge in [0, 0.05) is 28.4 Å². The Bertz CT molecular complexity index is 477. The monoisotopic (exact) mass is 305 g/mol. The topological polar surface area (TPSA) is 23.5 Å². The van der Waals surface area contributed by atoms with Gasteiger partial charge >= 0.3 is 0 Å². The van der Waals surface area contributed by atoms with Crippen LogP contribution in [0.2, 0.25) is 0 Å². The van der Waals surface area contributed by atoms with E-state index in [4.69, 9.17) is 5.11 Å². The molecule has 1 aliphatic carbocycles. The van der Waals surface area contributed by atoms with Gasteiger partial charge in [0.15, 0.2) is 0 Å². The number of hydrogen-bond acceptors (Lipinski definition) is 3. The Hall–Kier alpha value is -0.820. The minimum Gasteiger partial charge on any atom is -0.384 e. The van der Waals surface area contributed by atoms with Crippen molar-refractivity contribution in [3.63, 3.8) is 0 Å². The van der Waals surface area contributed by atoms with Crippen LogP contribution >= 0.6 is 11.3 Å². The normalized spacial score (nSPS) is 15.7. The molecule has 116 valence electrons. The smallest absolute Gasteiger partial charge is 0.104 e. The summed E-state index contributed by atoms with van der Waals surface area (Å²) >= 11 is 1.80. The summed E-state index contributed by atoms with van der Waals surface area (Å²) in [5.74, 6) is 6.49. The molecule has 1 heterocycles. The molecule has 0 amide bonds. The van der Waals surface area contributed by atoms with Crippen LogP contribution < -0.4 is 0 Å². The van der Waals surface area contributed by atoms with Gasteiger partial charge in [0.05, 0.1) is 0 Å². The van der Waals surface area contributed by atoms with Crippen molar-refractivity contribution in [2.24, 2.45) is 5.92 Å². The lowest BCUT2D eigenvalue weighted by molar-refractivity contribution is 0.181. The van der Waals surface area contributed by atoms with Crippen LogP contribution in [0.4, 0.5) is 0 Å². The van der Waals surface area contributed by atoms with Crippen LogP contribution in [0.5, 0.6) is 0 Å². The van der Waals surface area contributed by atoms with E-state index < -0.39 is 0 Å². The number of rotatable bonds is 6. The molecular weight excluding hydrogens is 278 g/mol. The molecule has 2 rings (SSSR count). The molecule has 1 aromatic heterocycles. The Balaban J connectivity index is 1.97. The highest BCUT2D eigenvalue weighted by Gasteiger charge is 2.22. The van der Waals surface area contributed by atoms with Crippen molar-refractivity contribution in [3.8, 4) is 11.8 Å². The van der Waals surface area contributed by atoms with Crippen molar-refractivity contribution in [3.05, 3.63) is 21.9 Å². The molecule has 1 fully saturated rings. The summed E-state index contributed by atoms with van der Waals surface area (Å²) in [6.07, 6.45) is 6.78. The first-order valence-electron chi connectivity index (χ1n) is 8.10. The van der Waals surface area contributed by atoms with Gasteiger partial charge in [0.2, 0.25) is 0 Å². The molecule has 2 nitrogen and oxygen atoms in total. The van der Waals surface area contributed by atoms with Crippen molar-refractivity contribution in [1.29, 1.82) is 0 Å². The molecule has 0 unspecified atom stereocenters. The minimum atomic E-state index is -0.0617. The Morgan fingerprint density at radius 1 is 1.38 bits per heavy atom. The van der Waals surface area contributed by atoms with Gasteiger partial charge in [0.25, 0.3) is 0 Å². The first-order valence-corrected chi connectivity index (χ1v) is 8.98. The van der Waals surface area contributed by atoms with Crippen molar-refractivity contribution in [2.75, 3.05) is 13.2 Å². The fraction of sp³-hybridized carbons (Fsp3) is 0.667. The van der Waals surface area contributed by atoms with Crippen molar-refractivity contribution in [1.82, 2.24) is 4.90 Å². The molecule has 0 saturated heterocycles. The molecule has 3 heteroatoms. The van der Waals surface area contributed by atoms with Crippen LogP contribution in [0.3, 0.4) is 0 Å². The van der Waals surface area contributed by atoms with E-state index in [2.05, 4.69) is 42.0 Å². The maximum atomic E-state index is 8.77. The van der Waals surface area contributed by atoms with E-state index in [-0.39, 0.29) is 6.61 Å². The zero-order valence-corrected chi connectivity index (χ0v) is 14.1. The van der Waals surface area contributed by atoms with Crippen LogP contribution in [-0.2, 0) is 6.54 Å². The van der Waals surface area contributed by atoms with Crippen LogP contribution in [-0.4, -0.2) is 29.2 Å². The summed E-state index contributed by atoms with van der Waals surface area (Å²) in [6.45, 7) is 6.82. The molecular formula is C18H27NOS. The van der Waals surface area contributed by atoms with E-state index in [1.807, 2.05) is 0 Å². The highest BCUT2D eigenvalue weighted by Crippen LogP contribution is 2.27. The average molecular weight is 305 g/mol. The quantitative estimate of drug-likeness (QED) is 0.806. The largest absolute Gasteiger partial charge is 0.384 e. The third kappa shape index (κ3) is 5.47. The third-order valence-electron chi connectivity index (χ3n) is 4.16. The molecule has 0 aromatic carbocycles. The molecule has 0 aliphatic heterocycles. The average Bonchev–Trinajstić information content (AvgIpc) is 3.12. The Morgan fingerprint density at radius 2 is 2.14 bits per heavy atom. The Morgan fingerprint density at radius 3 is 2.81 bits per heavy atom. The molecule has 0 bridgehead atoms. The van der Waals surface area contributed by atoms with Crippen LogP contribution in [0, 0.1) is 17.8 Å². The molecule has 1 N–H and O–H groups in total. The lowest BCUT2D eigenvalue weighted by Gasteiger charge is -2.29. The predicted octanol–water partition coefficient (Wildman–Crippen LogP) is 3.88. The maximum absolute atomic E-state index is 8.77. The molecule has 0 radical (unpaired) electrons. The number of hydrogen-bond donors (Lipinski definition) is 1.